The molecule has 0 unspecified atom stereocenters. The molecule has 3 aromatic heterocycles. The molecule has 0 amide bonds. The van der Waals surface area contributed by atoms with Crippen LogP contribution in [-0.2, 0) is 0 Å². The van der Waals surface area contributed by atoms with Gasteiger partial charge in [0, 0.05) is 17.8 Å². The number of β-amino-alcohol motifs (C(OH)–C–C–N with tert-alkyl or cyclic N) is 1. The van der Waals surface area contributed by atoms with Crippen LogP contribution in [-0.4, -0.2) is 37.9 Å². The van der Waals surface area contributed by atoms with Crippen molar-refractivity contribution in [3.8, 4) is 0 Å². The lowest BCUT2D eigenvalue weighted by Gasteiger charge is -2.23. The van der Waals surface area contributed by atoms with Gasteiger partial charge in [-0.2, -0.15) is 4.98 Å². The molecule has 0 aliphatic carbocycles. The Hall–Kier alpha value is -2.06. The largest absolute Gasteiger partial charge is 0.391 e. The summed E-state index contributed by atoms with van der Waals surface area (Å²) in [5.74, 6) is 1.93. The van der Waals surface area contributed by atoms with Gasteiger partial charge in [0.05, 0.1) is 11.5 Å². The molecule has 0 spiro atoms. The van der Waals surface area contributed by atoms with E-state index >= 15 is 0 Å². The molecule has 1 fully saturated rings. The fraction of sp³-hybridized carbons (Fsp3) is 0.429. The number of hydrogen-bond acceptors (Lipinski definition) is 8. The summed E-state index contributed by atoms with van der Waals surface area (Å²) in [6.45, 7) is 4.33. The van der Waals surface area contributed by atoms with Crippen LogP contribution in [0.3, 0.4) is 0 Å². The lowest BCUT2D eigenvalue weighted by Crippen LogP contribution is -2.25. The first kappa shape index (κ1) is 13.6. The molecule has 0 radical (unpaired) electrons. The molecule has 2 atom stereocenters. The fourth-order valence-corrected chi connectivity index (χ4v) is 3.76. The van der Waals surface area contributed by atoms with E-state index in [1.807, 2.05) is 11.8 Å². The van der Waals surface area contributed by atoms with Gasteiger partial charge in [0.15, 0.2) is 5.82 Å². The number of aliphatic hydroxyl groups is 1. The minimum Gasteiger partial charge on any atom is -0.391 e. The minimum absolute atomic E-state index is 0.158. The van der Waals surface area contributed by atoms with Crippen molar-refractivity contribution in [3.05, 3.63) is 29.0 Å². The van der Waals surface area contributed by atoms with E-state index in [9.17, 15) is 5.11 Å². The zero-order valence-electron chi connectivity index (χ0n) is 12.2. The van der Waals surface area contributed by atoms with Crippen molar-refractivity contribution in [2.24, 2.45) is 0 Å². The van der Waals surface area contributed by atoms with Crippen LogP contribution < -0.4 is 4.90 Å². The van der Waals surface area contributed by atoms with Crippen molar-refractivity contribution < 1.29 is 9.63 Å². The van der Waals surface area contributed by atoms with Crippen molar-refractivity contribution in [1.82, 2.24) is 20.1 Å². The molecular weight excluding hydrogens is 302 g/mol. The van der Waals surface area contributed by atoms with Gasteiger partial charge in [0.2, 0.25) is 5.89 Å². The highest BCUT2D eigenvalue weighted by molar-refractivity contribution is 7.18. The summed E-state index contributed by atoms with van der Waals surface area (Å²) in [5.41, 5.74) is 0. The number of thiophene rings is 1. The van der Waals surface area contributed by atoms with Crippen LogP contribution in [0, 0.1) is 13.8 Å². The van der Waals surface area contributed by atoms with Crippen LogP contribution in [0.2, 0.25) is 0 Å². The van der Waals surface area contributed by atoms with Crippen LogP contribution in [0.15, 0.2) is 16.9 Å². The number of aromatic nitrogens is 4. The van der Waals surface area contributed by atoms with E-state index in [1.54, 1.807) is 24.6 Å². The highest BCUT2D eigenvalue weighted by Gasteiger charge is 2.37. The number of nitrogens with zero attached hydrogens (tertiary/aromatic N) is 5. The van der Waals surface area contributed by atoms with E-state index in [0.717, 1.165) is 16.0 Å². The van der Waals surface area contributed by atoms with Gasteiger partial charge in [-0.1, -0.05) is 5.16 Å². The zero-order valence-corrected chi connectivity index (χ0v) is 13.0. The Kier molecular flexibility index (Phi) is 3.08. The molecule has 3 aromatic rings. The zero-order chi connectivity index (χ0) is 15.3. The Balaban J connectivity index is 1.81. The van der Waals surface area contributed by atoms with E-state index in [0.29, 0.717) is 24.7 Å². The quantitative estimate of drug-likeness (QED) is 0.773. The normalized spacial score (nSPS) is 21.9. The number of anilines is 1. The molecule has 8 heteroatoms. The monoisotopic (exact) mass is 317 g/mol. The predicted molar refractivity (Wildman–Crippen MR) is 81.9 cm³/mol. The average Bonchev–Trinajstić information content (AvgIpc) is 3.15. The van der Waals surface area contributed by atoms with Crippen LogP contribution in [0.1, 0.15) is 29.1 Å². The Morgan fingerprint density at radius 1 is 1.36 bits per heavy atom. The number of aryl methyl sites for hydroxylation is 2. The molecule has 1 saturated heterocycles. The Morgan fingerprint density at radius 3 is 3.00 bits per heavy atom. The molecule has 0 bridgehead atoms. The first-order chi connectivity index (χ1) is 10.6. The molecule has 1 aliphatic rings. The smallest absolute Gasteiger partial charge is 0.249 e. The van der Waals surface area contributed by atoms with Gasteiger partial charge in [0.1, 0.15) is 23.0 Å². The SMILES string of the molecule is Cc1noc([C@H]2C[C@H](O)CN2c2ncnc3sc(C)cc23)n1. The van der Waals surface area contributed by atoms with Gasteiger partial charge >= 0.3 is 0 Å². The molecule has 4 rings (SSSR count). The number of hydrogen-bond donors (Lipinski definition) is 1. The minimum atomic E-state index is -0.443. The molecule has 114 valence electrons. The van der Waals surface area contributed by atoms with Gasteiger partial charge in [-0.25, -0.2) is 9.97 Å². The van der Waals surface area contributed by atoms with Crippen molar-refractivity contribution in [2.45, 2.75) is 32.4 Å². The van der Waals surface area contributed by atoms with E-state index < -0.39 is 6.10 Å². The summed E-state index contributed by atoms with van der Waals surface area (Å²) in [4.78, 5) is 17.2. The summed E-state index contributed by atoms with van der Waals surface area (Å²) in [5, 5.41) is 15.0. The second-order valence-corrected chi connectivity index (χ2v) is 6.75. The van der Waals surface area contributed by atoms with Gasteiger partial charge in [0.25, 0.3) is 0 Å². The van der Waals surface area contributed by atoms with Crippen molar-refractivity contribution in [1.29, 1.82) is 0 Å². The van der Waals surface area contributed by atoms with E-state index in [4.69, 9.17) is 4.52 Å². The third-order valence-corrected chi connectivity index (χ3v) is 4.77. The molecule has 4 heterocycles. The number of aliphatic hydroxyl groups excluding tert-OH is 1. The number of rotatable bonds is 2. The van der Waals surface area contributed by atoms with Crippen molar-refractivity contribution in [2.75, 3.05) is 11.4 Å². The van der Waals surface area contributed by atoms with E-state index in [2.05, 4.69) is 26.2 Å². The standard InChI is InChI=1S/C14H15N5O2S/c1-7-3-10-12(15-6-16-14(10)22-7)19-5-9(20)4-11(19)13-17-8(2)18-21-13/h3,6,9,11,20H,4-5H2,1-2H3/t9-,11+/m0/s1. The van der Waals surface area contributed by atoms with Gasteiger partial charge in [-0.3, -0.25) is 0 Å². The Morgan fingerprint density at radius 2 is 2.23 bits per heavy atom. The predicted octanol–water partition coefficient (Wildman–Crippen LogP) is 2.00. The summed E-state index contributed by atoms with van der Waals surface area (Å²) in [6.07, 6.45) is 1.67. The van der Waals surface area contributed by atoms with Crippen molar-refractivity contribution in [3.63, 3.8) is 0 Å². The average molecular weight is 317 g/mol. The second kappa shape index (κ2) is 4.99. The topological polar surface area (TPSA) is 88.2 Å². The first-order valence-electron chi connectivity index (χ1n) is 7.08. The lowest BCUT2D eigenvalue weighted by atomic mass is 10.2. The maximum absolute atomic E-state index is 10.1. The molecule has 1 aliphatic heterocycles. The molecule has 0 saturated carbocycles. The maximum atomic E-state index is 10.1. The van der Waals surface area contributed by atoms with Crippen LogP contribution >= 0.6 is 11.3 Å². The summed E-state index contributed by atoms with van der Waals surface area (Å²) in [6, 6.07) is 1.92. The summed E-state index contributed by atoms with van der Waals surface area (Å²) >= 11 is 1.64. The second-order valence-electron chi connectivity index (χ2n) is 5.51. The van der Waals surface area contributed by atoms with Gasteiger partial charge < -0.3 is 14.5 Å². The van der Waals surface area contributed by atoms with Crippen LogP contribution in [0.25, 0.3) is 10.2 Å². The Labute approximate surface area is 130 Å². The third-order valence-electron chi connectivity index (χ3n) is 3.81. The van der Waals surface area contributed by atoms with Gasteiger partial charge in [-0.15, -0.1) is 11.3 Å². The first-order valence-corrected chi connectivity index (χ1v) is 7.89. The summed E-state index contributed by atoms with van der Waals surface area (Å²) < 4.78 is 5.31. The van der Waals surface area contributed by atoms with Crippen LogP contribution in [0.4, 0.5) is 5.82 Å². The van der Waals surface area contributed by atoms with Crippen LogP contribution in [0.5, 0.6) is 0 Å². The molecule has 0 aromatic carbocycles. The number of fused-ring (bicyclic) bond motifs is 1. The molecule has 22 heavy (non-hydrogen) atoms. The van der Waals surface area contributed by atoms with Crippen molar-refractivity contribution >= 4 is 27.4 Å². The third kappa shape index (κ3) is 2.15. The molecule has 7 nitrogen and oxygen atoms in total. The van der Waals surface area contributed by atoms with Gasteiger partial charge in [-0.05, 0) is 19.9 Å². The Bertz CT molecular complexity index is 830. The lowest BCUT2D eigenvalue weighted by molar-refractivity contribution is 0.191. The fourth-order valence-electron chi connectivity index (χ4n) is 2.92. The van der Waals surface area contributed by atoms with E-state index in [1.165, 1.54) is 4.88 Å². The molecular formula is C14H15N5O2S. The maximum Gasteiger partial charge on any atom is 0.249 e. The highest BCUT2D eigenvalue weighted by Crippen LogP contribution is 2.38. The van der Waals surface area contributed by atoms with E-state index in [-0.39, 0.29) is 6.04 Å². The summed E-state index contributed by atoms with van der Waals surface area (Å²) in [7, 11) is 0. The highest BCUT2D eigenvalue weighted by atomic mass is 32.1. The molecule has 1 N–H and O–H groups in total.